The summed E-state index contributed by atoms with van der Waals surface area (Å²) in [4.78, 5) is 18.3. The summed E-state index contributed by atoms with van der Waals surface area (Å²) in [6.45, 7) is 4.65. The smallest absolute Gasteiger partial charge is 0.276 e. The van der Waals surface area contributed by atoms with Gasteiger partial charge in [-0.25, -0.2) is 4.98 Å². The van der Waals surface area contributed by atoms with E-state index in [0.717, 1.165) is 0 Å². The molecule has 0 fully saturated rings. The maximum absolute atomic E-state index is 11.1. The van der Waals surface area contributed by atoms with Gasteiger partial charge in [0.05, 0.1) is 23.1 Å². The van der Waals surface area contributed by atoms with E-state index < -0.39 is 4.92 Å². The second kappa shape index (κ2) is 6.53. The minimum atomic E-state index is -0.393. The molecule has 1 N–H and O–H groups in total. The summed E-state index contributed by atoms with van der Waals surface area (Å²) >= 11 is 1.66. The first kappa shape index (κ1) is 15.2. The predicted molar refractivity (Wildman–Crippen MR) is 86.2 cm³/mol. The highest BCUT2D eigenvalue weighted by Gasteiger charge is 2.18. The maximum Gasteiger partial charge on any atom is 0.276 e. The number of nitrogens with zero attached hydrogens (tertiary/aromatic N) is 3. The Bertz CT molecular complexity index is 615. The van der Waals surface area contributed by atoms with Crippen molar-refractivity contribution in [3.8, 4) is 0 Å². The van der Waals surface area contributed by atoms with Crippen molar-refractivity contribution in [1.29, 1.82) is 0 Å². The fraction of sp³-hybridized carbons (Fsp3) is 0.357. The number of anilines is 2. The number of pyridine rings is 1. The molecule has 0 amide bonds. The molecular weight excluding hydrogens is 288 g/mol. The molecule has 0 saturated carbocycles. The highest BCUT2D eigenvalue weighted by Crippen LogP contribution is 2.30. The molecule has 0 bridgehead atoms. The van der Waals surface area contributed by atoms with Gasteiger partial charge in [-0.2, -0.15) is 0 Å². The second-order valence-electron chi connectivity index (χ2n) is 4.66. The average Bonchev–Trinajstić information content (AvgIpc) is 2.99. The first-order valence-corrected chi connectivity index (χ1v) is 7.57. The first-order chi connectivity index (χ1) is 10.0. The van der Waals surface area contributed by atoms with Gasteiger partial charge in [-0.3, -0.25) is 10.1 Å². The molecule has 112 valence electrons. The molecule has 0 radical (unpaired) electrons. The monoisotopic (exact) mass is 306 g/mol. The molecule has 0 aliphatic carbocycles. The van der Waals surface area contributed by atoms with Crippen LogP contribution < -0.4 is 10.2 Å². The van der Waals surface area contributed by atoms with E-state index in [2.05, 4.69) is 17.2 Å². The number of nitro groups is 1. The third kappa shape index (κ3) is 3.49. The normalized spacial score (nSPS) is 12.0. The Morgan fingerprint density at radius 3 is 2.86 bits per heavy atom. The second-order valence-corrected chi connectivity index (χ2v) is 5.64. The van der Waals surface area contributed by atoms with E-state index in [4.69, 9.17) is 0 Å². The molecule has 1 unspecified atom stereocenters. The van der Waals surface area contributed by atoms with Crippen LogP contribution in [-0.4, -0.2) is 23.5 Å². The summed E-state index contributed by atoms with van der Waals surface area (Å²) < 4.78 is 0. The molecule has 2 rings (SSSR count). The van der Waals surface area contributed by atoms with E-state index in [-0.39, 0.29) is 11.7 Å². The summed E-state index contributed by atoms with van der Waals surface area (Å²) in [5.41, 5.74) is 0.0428. The van der Waals surface area contributed by atoms with Gasteiger partial charge in [0.2, 0.25) is 0 Å². The fourth-order valence-electron chi connectivity index (χ4n) is 1.98. The average molecular weight is 306 g/mol. The van der Waals surface area contributed by atoms with Gasteiger partial charge in [-0.15, -0.1) is 11.3 Å². The van der Waals surface area contributed by atoms with E-state index in [1.54, 1.807) is 11.3 Å². The SMILES string of the molecule is CCNc1cc([N+](=O)[O-])cc(N(C)C(C)c2cccs2)n1. The van der Waals surface area contributed by atoms with Crippen LogP contribution in [-0.2, 0) is 0 Å². The third-order valence-electron chi connectivity index (χ3n) is 3.26. The van der Waals surface area contributed by atoms with Crippen molar-refractivity contribution < 1.29 is 4.92 Å². The highest BCUT2D eigenvalue weighted by molar-refractivity contribution is 7.10. The van der Waals surface area contributed by atoms with Crippen LogP contribution in [0.25, 0.3) is 0 Å². The molecular formula is C14H18N4O2S. The molecule has 1 atom stereocenters. The van der Waals surface area contributed by atoms with Crippen molar-refractivity contribution >= 4 is 28.7 Å². The van der Waals surface area contributed by atoms with E-state index in [1.807, 2.05) is 36.4 Å². The largest absolute Gasteiger partial charge is 0.370 e. The van der Waals surface area contributed by atoms with Crippen LogP contribution in [0.5, 0.6) is 0 Å². The van der Waals surface area contributed by atoms with Crippen LogP contribution in [0.15, 0.2) is 29.6 Å². The van der Waals surface area contributed by atoms with Crippen molar-refractivity contribution in [3.63, 3.8) is 0 Å². The number of hydrogen-bond donors (Lipinski definition) is 1. The zero-order valence-electron chi connectivity index (χ0n) is 12.2. The number of hydrogen-bond acceptors (Lipinski definition) is 6. The summed E-state index contributed by atoms with van der Waals surface area (Å²) in [5, 5.41) is 16.1. The molecule has 2 aromatic heterocycles. The lowest BCUT2D eigenvalue weighted by molar-refractivity contribution is -0.384. The molecule has 0 aliphatic heterocycles. The summed E-state index contributed by atoms with van der Waals surface area (Å²) in [6, 6.07) is 7.11. The molecule has 7 heteroatoms. The summed E-state index contributed by atoms with van der Waals surface area (Å²) in [7, 11) is 1.90. The number of nitrogens with one attached hydrogen (secondary N) is 1. The summed E-state index contributed by atoms with van der Waals surface area (Å²) in [5.74, 6) is 1.10. The van der Waals surface area contributed by atoms with Crippen molar-refractivity contribution in [2.45, 2.75) is 19.9 Å². The van der Waals surface area contributed by atoms with E-state index >= 15 is 0 Å². The number of thiophene rings is 1. The van der Waals surface area contributed by atoms with Gasteiger partial charge in [0.1, 0.15) is 11.6 Å². The lowest BCUT2D eigenvalue weighted by Crippen LogP contribution is -2.22. The Kier molecular flexibility index (Phi) is 4.74. The molecule has 0 aliphatic rings. The molecule has 2 aromatic rings. The molecule has 2 heterocycles. The quantitative estimate of drug-likeness (QED) is 0.651. The zero-order chi connectivity index (χ0) is 15.4. The molecule has 6 nitrogen and oxygen atoms in total. The van der Waals surface area contributed by atoms with E-state index in [1.165, 1.54) is 17.0 Å². The maximum atomic E-state index is 11.1. The van der Waals surface area contributed by atoms with Gasteiger partial charge >= 0.3 is 0 Å². The highest BCUT2D eigenvalue weighted by atomic mass is 32.1. The van der Waals surface area contributed by atoms with Crippen LogP contribution >= 0.6 is 11.3 Å². The number of aromatic nitrogens is 1. The Morgan fingerprint density at radius 2 is 2.29 bits per heavy atom. The van der Waals surface area contributed by atoms with E-state index in [0.29, 0.717) is 18.2 Å². The minimum Gasteiger partial charge on any atom is -0.370 e. The van der Waals surface area contributed by atoms with Crippen molar-refractivity contribution in [2.75, 3.05) is 23.8 Å². The van der Waals surface area contributed by atoms with Crippen LogP contribution in [0.3, 0.4) is 0 Å². The van der Waals surface area contributed by atoms with Crippen molar-refractivity contribution in [2.24, 2.45) is 0 Å². The first-order valence-electron chi connectivity index (χ1n) is 6.69. The topological polar surface area (TPSA) is 71.3 Å². The van der Waals surface area contributed by atoms with Gasteiger partial charge < -0.3 is 10.2 Å². The van der Waals surface area contributed by atoms with Gasteiger partial charge in [0, 0.05) is 18.5 Å². The Balaban J connectivity index is 2.35. The van der Waals surface area contributed by atoms with Gasteiger partial charge in [-0.05, 0) is 25.3 Å². The summed E-state index contributed by atoms with van der Waals surface area (Å²) in [6.07, 6.45) is 0. The van der Waals surface area contributed by atoms with Gasteiger partial charge in [0.25, 0.3) is 5.69 Å². The fourth-order valence-corrected chi connectivity index (χ4v) is 2.80. The zero-order valence-corrected chi connectivity index (χ0v) is 13.1. The Labute approximate surface area is 127 Å². The van der Waals surface area contributed by atoms with Crippen molar-refractivity contribution in [3.05, 3.63) is 44.6 Å². The lowest BCUT2D eigenvalue weighted by atomic mass is 10.2. The van der Waals surface area contributed by atoms with E-state index in [9.17, 15) is 10.1 Å². The molecule has 21 heavy (non-hydrogen) atoms. The molecule has 0 aromatic carbocycles. The standard InChI is InChI=1S/C14H18N4O2S/c1-4-15-13-8-11(18(19)20)9-14(16-13)17(3)10(2)12-6-5-7-21-12/h5-10H,4H2,1-3H3,(H,15,16). The van der Waals surface area contributed by atoms with Crippen molar-refractivity contribution in [1.82, 2.24) is 4.98 Å². The van der Waals surface area contributed by atoms with Gasteiger partial charge in [0.15, 0.2) is 0 Å². The predicted octanol–water partition coefficient (Wildman–Crippen LogP) is 3.68. The van der Waals surface area contributed by atoms with Crippen LogP contribution in [0.4, 0.5) is 17.3 Å². The Morgan fingerprint density at radius 1 is 1.52 bits per heavy atom. The third-order valence-corrected chi connectivity index (χ3v) is 4.31. The van der Waals surface area contributed by atoms with Crippen LogP contribution in [0.2, 0.25) is 0 Å². The molecule has 0 saturated heterocycles. The van der Waals surface area contributed by atoms with Crippen LogP contribution in [0, 0.1) is 10.1 Å². The lowest BCUT2D eigenvalue weighted by Gasteiger charge is -2.25. The van der Waals surface area contributed by atoms with Crippen LogP contribution in [0.1, 0.15) is 24.8 Å². The Hall–Kier alpha value is -2.15. The number of rotatable bonds is 6. The van der Waals surface area contributed by atoms with Gasteiger partial charge in [-0.1, -0.05) is 6.07 Å². The minimum absolute atomic E-state index is 0.0428. The molecule has 0 spiro atoms.